The first kappa shape index (κ1) is 22.4. The van der Waals surface area contributed by atoms with Crippen LogP contribution in [-0.4, -0.2) is 35.9 Å². The maximum absolute atomic E-state index is 13.0. The highest BCUT2D eigenvalue weighted by Crippen LogP contribution is 2.35. The number of hydrogen-bond donors (Lipinski definition) is 0. The maximum Gasteiger partial charge on any atom is 0.417 e. The monoisotopic (exact) mass is 461 g/mol. The van der Waals surface area contributed by atoms with Gasteiger partial charge >= 0.3 is 6.18 Å². The number of nitrogens with zero attached hydrogens (tertiary/aromatic N) is 3. The standard InChI is InChI=1S/C24H23ClF3N3O/c1-30(15-18-7-4-6-16-5-2-3-8-20(16)18)23(32)17-9-11-31(12-10-17)22-21(25)13-19(14-29-22)24(26,27)28/h2-8,13-14,17H,9-12,15H2,1H3. The Bertz CT molecular complexity index is 1120. The zero-order chi connectivity index (χ0) is 22.9. The minimum absolute atomic E-state index is 0.0299. The molecule has 1 aliphatic heterocycles. The Morgan fingerprint density at radius 2 is 1.84 bits per heavy atom. The average molecular weight is 462 g/mol. The van der Waals surface area contributed by atoms with E-state index in [1.54, 1.807) is 4.90 Å². The first-order valence-corrected chi connectivity index (χ1v) is 10.8. The third-order valence-corrected chi connectivity index (χ3v) is 6.23. The fraction of sp³-hybridized carbons (Fsp3) is 0.333. The van der Waals surface area contributed by atoms with Crippen molar-refractivity contribution >= 4 is 34.1 Å². The van der Waals surface area contributed by atoms with Gasteiger partial charge in [-0.1, -0.05) is 54.1 Å². The topological polar surface area (TPSA) is 36.4 Å². The Morgan fingerprint density at radius 3 is 2.53 bits per heavy atom. The molecule has 0 radical (unpaired) electrons. The van der Waals surface area contributed by atoms with Gasteiger partial charge in [-0.2, -0.15) is 13.2 Å². The van der Waals surface area contributed by atoms with Crippen molar-refractivity contribution in [2.24, 2.45) is 5.92 Å². The van der Waals surface area contributed by atoms with Gasteiger partial charge in [0.05, 0.1) is 10.6 Å². The first-order valence-electron chi connectivity index (χ1n) is 10.4. The van der Waals surface area contributed by atoms with Crippen molar-refractivity contribution in [3.63, 3.8) is 0 Å². The summed E-state index contributed by atoms with van der Waals surface area (Å²) < 4.78 is 38.5. The molecule has 1 aromatic heterocycles. The van der Waals surface area contributed by atoms with E-state index in [2.05, 4.69) is 23.2 Å². The Kier molecular flexibility index (Phi) is 6.29. The number of aromatic nitrogens is 1. The van der Waals surface area contributed by atoms with Gasteiger partial charge in [-0.3, -0.25) is 4.79 Å². The summed E-state index contributed by atoms with van der Waals surface area (Å²) in [5, 5.41) is 2.24. The van der Waals surface area contributed by atoms with Crippen LogP contribution in [0, 0.1) is 5.92 Å². The third kappa shape index (κ3) is 4.67. The lowest BCUT2D eigenvalue weighted by Gasteiger charge is -2.34. The molecule has 8 heteroatoms. The van der Waals surface area contributed by atoms with E-state index >= 15 is 0 Å². The molecule has 0 spiro atoms. The lowest BCUT2D eigenvalue weighted by Crippen LogP contribution is -2.41. The van der Waals surface area contributed by atoms with Crippen LogP contribution in [0.4, 0.5) is 19.0 Å². The Hall–Kier alpha value is -2.80. The van der Waals surface area contributed by atoms with Gasteiger partial charge < -0.3 is 9.80 Å². The van der Waals surface area contributed by atoms with Gasteiger partial charge in [-0.05, 0) is 35.2 Å². The van der Waals surface area contributed by atoms with Gasteiger partial charge in [0, 0.05) is 38.8 Å². The molecule has 4 rings (SSSR count). The Labute approximate surface area is 189 Å². The van der Waals surface area contributed by atoms with Crippen molar-refractivity contribution < 1.29 is 18.0 Å². The number of anilines is 1. The van der Waals surface area contributed by atoms with Gasteiger partial charge in [0.25, 0.3) is 0 Å². The summed E-state index contributed by atoms with van der Waals surface area (Å²) in [6, 6.07) is 15.1. The maximum atomic E-state index is 13.0. The summed E-state index contributed by atoms with van der Waals surface area (Å²) >= 11 is 6.08. The molecule has 4 nitrogen and oxygen atoms in total. The summed E-state index contributed by atoms with van der Waals surface area (Å²) in [6.07, 6.45) is -2.49. The summed E-state index contributed by atoms with van der Waals surface area (Å²) in [5.41, 5.74) is 0.225. The zero-order valence-electron chi connectivity index (χ0n) is 17.6. The third-order valence-electron chi connectivity index (χ3n) is 5.96. The molecular weight excluding hydrogens is 439 g/mol. The number of alkyl halides is 3. The molecule has 168 valence electrons. The van der Waals surface area contributed by atoms with Gasteiger partial charge in [0.2, 0.25) is 5.91 Å². The molecule has 1 fully saturated rings. The lowest BCUT2D eigenvalue weighted by atomic mass is 9.95. The van der Waals surface area contributed by atoms with Crippen LogP contribution in [0.15, 0.2) is 54.7 Å². The molecule has 2 heterocycles. The van der Waals surface area contributed by atoms with Crippen molar-refractivity contribution in [2.45, 2.75) is 25.6 Å². The number of carbonyl (C=O) groups is 1. The summed E-state index contributed by atoms with van der Waals surface area (Å²) in [7, 11) is 1.81. The van der Waals surface area contributed by atoms with E-state index in [9.17, 15) is 18.0 Å². The lowest BCUT2D eigenvalue weighted by molar-refractivity contribution is -0.138. The second-order valence-electron chi connectivity index (χ2n) is 8.12. The second kappa shape index (κ2) is 8.98. The number of pyridine rings is 1. The van der Waals surface area contributed by atoms with Crippen molar-refractivity contribution in [2.75, 3.05) is 25.0 Å². The number of rotatable bonds is 4. The van der Waals surface area contributed by atoms with Crippen LogP contribution in [0.25, 0.3) is 10.8 Å². The first-order chi connectivity index (χ1) is 15.2. The fourth-order valence-electron chi connectivity index (χ4n) is 4.23. The summed E-state index contributed by atoms with van der Waals surface area (Å²) in [6.45, 7) is 1.54. The second-order valence-corrected chi connectivity index (χ2v) is 8.53. The summed E-state index contributed by atoms with van der Waals surface area (Å²) in [4.78, 5) is 20.6. The van der Waals surface area contributed by atoms with Crippen LogP contribution in [0.3, 0.4) is 0 Å². The molecule has 0 atom stereocenters. The normalized spacial score (nSPS) is 15.2. The van der Waals surface area contributed by atoms with E-state index in [0.717, 1.165) is 28.6 Å². The number of benzene rings is 2. The molecule has 0 aliphatic carbocycles. The van der Waals surface area contributed by atoms with Gasteiger partial charge in [0.15, 0.2) is 0 Å². The van der Waals surface area contributed by atoms with E-state index in [4.69, 9.17) is 11.6 Å². The van der Waals surface area contributed by atoms with Crippen molar-refractivity contribution in [1.82, 2.24) is 9.88 Å². The number of hydrogen-bond acceptors (Lipinski definition) is 3. The van der Waals surface area contributed by atoms with Crippen LogP contribution in [0.2, 0.25) is 5.02 Å². The van der Waals surface area contributed by atoms with E-state index in [0.29, 0.717) is 38.3 Å². The van der Waals surface area contributed by atoms with Gasteiger partial charge in [-0.25, -0.2) is 4.98 Å². The minimum Gasteiger partial charge on any atom is -0.355 e. The smallest absolute Gasteiger partial charge is 0.355 e. The molecule has 3 aromatic rings. The molecule has 0 N–H and O–H groups in total. The molecule has 2 aromatic carbocycles. The van der Waals surface area contributed by atoms with Crippen molar-refractivity contribution in [1.29, 1.82) is 0 Å². The number of halogens is 4. The molecule has 0 bridgehead atoms. The number of carbonyl (C=O) groups excluding carboxylic acids is 1. The van der Waals surface area contributed by atoms with Crippen LogP contribution in [0.5, 0.6) is 0 Å². The molecule has 0 unspecified atom stereocenters. The van der Waals surface area contributed by atoms with E-state index < -0.39 is 11.7 Å². The van der Waals surface area contributed by atoms with Crippen LogP contribution in [-0.2, 0) is 17.5 Å². The average Bonchev–Trinajstić information content (AvgIpc) is 2.78. The van der Waals surface area contributed by atoms with Crippen LogP contribution in [0.1, 0.15) is 24.0 Å². The van der Waals surface area contributed by atoms with Gasteiger partial charge in [0.1, 0.15) is 5.82 Å². The van der Waals surface area contributed by atoms with Crippen LogP contribution < -0.4 is 4.90 Å². The predicted molar refractivity (Wildman–Crippen MR) is 120 cm³/mol. The van der Waals surface area contributed by atoms with Crippen molar-refractivity contribution in [3.05, 3.63) is 70.9 Å². The molecular formula is C24H23ClF3N3O. The highest BCUT2D eigenvalue weighted by molar-refractivity contribution is 6.33. The highest BCUT2D eigenvalue weighted by atomic mass is 35.5. The molecule has 32 heavy (non-hydrogen) atoms. The molecule has 1 amide bonds. The quantitative estimate of drug-likeness (QED) is 0.494. The van der Waals surface area contributed by atoms with E-state index in [1.807, 2.05) is 36.2 Å². The number of piperidine rings is 1. The highest BCUT2D eigenvalue weighted by Gasteiger charge is 2.33. The molecule has 0 saturated carbocycles. The fourth-order valence-corrected chi connectivity index (χ4v) is 4.52. The number of amides is 1. The SMILES string of the molecule is CN(Cc1cccc2ccccc12)C(=O)C1CCN(c2ncc(C(F)(F)F)cc2Cl)CC1. The van der Waals surface area contributed by atoms with E-state index in [-0.39, 0.29) is 16.8 Å². The largest absolute Gasteiger partial charge is 0.417 e. The van der Waals surface area contributed by atoms with E-state index in [1.165, 1.54) is 0 Å². The molecule has 1 saturated heterocycles. The van der Waals surface area contributed by atoms with Crippen LogP contribution >= 0.6 is 11.6 Å². The van der Waals surface area contributed by atoms with Gasteiger partial charge in [-0.15, -0.1) is 0 Å². The summed E-state index contributed by atoms with van der Waals surface area (Å²) in [5.74, 6) is 0.262. The minimum atomic E-state index is -4.48. The molecule has 1 aliphatic rings. The zero-order valence-corrected chi connectivity index (χ0v) is 18.3. The number of fused-ring (bicyclic) bond motifs is 1. The predicted octanol–water partition coefficient (Wildman–Crippen LogP) is 5.78. The Balaban J connectivity index is 1.39. The van der Waals surface area contributed by atoms with Crippen molar-refractivity contribution in [3.8, 4) is 0 Å². The Morgan fingerprint density at radius 1 is 1.16 bits per heavy atom.